The van der Waals surface area contributed by atoms with E-state index >= 15 is 0 Å². The van der Waals surface area contributed by atoms with Gasteiger partial charge in [0.2, 0.25) is 0 Å². The normalized spacial score (nSPS) is 14.0. The summed E-state index contributed by atoms with van der Waals surface area (Å²) in [5.74, 6) is 1.60. The maximum Gasteiger partial charge on any atom is 0.196 e. The van der Waals surface area contributed by atoms with Crippen LogP contribution in [0, 0.1) is 0 Å². The van der Waals surface area contributed by atoms with Crippen LogP contribution in [0.25, 0.3) is 22.2 Å². The summed E-state index contributed by atoms with van der Waals surface area (Å²) in [5, 5.41) is 15.3. The number of ether oxygens (including phenoxy) is 1. The highest BCUT2D eigenvalue weighted by Gasteiger charge is 2.25. The molecular weight excluding hydrogens is 491 g/mol. The molecule has 7 heteroatoms. The maximum atomic E-state index is 10.8. The number of aliphatic hydroxyl groups is 1. The van der Waals surface area contributed by atoms with Crippen LogP contribution < -0.4 is 10.1 Å². The Hall–Kier alpha value is -2.26. The van der Waals surface area contributed by atoms with Crippen molar-refractivity contribution in [2.45, 2.75) is 32.5 Å². The zero-order valence-corrected chi connectivity index (χ0v) is 19.7. The van der Waals surface area contributed by atoms with Crippen molar-refractivity contribution in [3.05, 3.63) is 54.1 Å². The van der Waals surface area contributed by atoms with Crippen LogP contribution in [0.15, 0.2) is 53.5 Å². The van der Waals surface area contributed by atoms with Crippen molar-refractivity contribution >= 4 is 40.8 Å². The molecule has 2 heterocycles. The molecule has 1 aromatic heterocycles. The number of H-pyrrole nitrogens is 1. The molecule has 3 N–H and O–H groups in total. The van der Waals surface area contributed by atoms with Crippen LogP contribution in [0.4, 0.5) is 0 Å². The topological polar surface area (TPSA) is 72.9 Å². The molecular formula is C23H29IN4O2. The van der Waals surface area contributed by atoms with Crippen molar-refractivity contribution in [3.63, 3.8) is 0 Å². The van der Waals surface area contributed by atoms with Gasteiger partial charge in [0.05, 0.1) is 25.9 Å². The van der Waals surface area contributed by atoms with Crippen molar-refractivity contribution in [2.75, 3.05) is 20.2 Å². The highest BCUT2D eigenvalue weighted by Crippen LogP contribution is 2.33. The van der Waals surface area contributed by atoms with E-state index in [-0.39, 0.29) is 24.0 Å². The Balaban J connectivity index is 0.00000256. The Morgan fingerprint density at radius 3 is 2.60 bits per heavy atom. The summed E-state index contributed by atoms with van der Waals surface area (Å²) in [6, 6.07) is 16.4. The first-order valence-corrected chi connectivity index (χ1v) is 10.2. The fourth-order valence-corrected chi connectivity index (χ4v) is 3.85. The Bertz CT molecular complexity index is 1000. The lowest BCUT2D eigenvalue weighted by molar-refractivity contribution is 0.0390. The van der Waals surface area contributed by atoms with Crippen molar-refractivity contribution in [1.29, 1.82) is 0 Å². The summed E-state index contributed by atoms with van der Waals surface area (Å²) in [6.45, 7) is 4.20. The summed E-state index contributed by atoms with van der Waals surface area (Å²) in [6.07, 6.45) is 1.02. The Labute approximate surface area is 194 Å². The molecule has 1 atom stereocenters. The zero-order chi connectivity index (χ0) is 20.2. The lowest BCUT2D eigenvalue weighted by Gasteiger charge is -2.30. The van der Waals surface area contributed by atoms with E-state index < -0.39 is 6.23 Å². The molecule has 0 bridgehead atoms. The minimum Gasteiger partial charge on any atom is -0.497 e. The molecule has 0 radical (unpaired) electrons. The molecule has 1 unspecified atom stereocenters. The van der Waals surface area contributed by atoms with Crippen LogP contribution in [-0.2, 0) is 6.54 Å². The van der Waals surface area contributed by atoms with Gasteiger partial charge in [0.25, 0.3) is 0 Å². The van der Waals surface area contributed by atoms with Gasteiger partial charge in [0.15, 0.2) is 5.96 Å². The van der Waals surface area contributed by atoms with Gasteiger partial charge in [0.1, 0.15) is 12.0 Å². The van der Waals surface area contributed by atoms with Crippen molar-refractivity contribution < 1.29 is 9.84 Å². The first-order valence-electron chi connectivity index (χ1n) is 10.2. The summed E-state index contributed by atoms with van der Waals surface area (Å²) in [7, 11) is 1.67. The molecule has 0 amide bonds. The third-order valence-electron chi connectivity index (χ3n) is 5.36. The Kier molecular flexibility index (Phi) is 7.60. The fourth-order valence-electron chi connectivity index (χ4n) is 3.85. The number of aromatic nitrogens is 1. The van der Waals surface area contributed by atoms with E-state index in [4.69, 9.17) is 4.74 Å². The monoisotopic (exact) mass is 520 g/mol. The number of halogens is 1. The minimum absolute atomic E-state index is 0. The molecule has 160 valence electrons. The molecule has 30 heavy (non-hydrogen) atoms. The second-order valence-electron chi connectivity index (χ2n) is 7.28. The molecule has 2 aromatic carbocycles. The molecule has 1 aliphatic heterocycles. The largest absolute Gasteiger partial charge is 0.497 e. The molecule has 0 aliphatic carbocycles. The van der Waals surface area contributed by atoms with E-state index in [0.29, 0.717) is 13.0 Å². The van der Waals surface area contributed by atoms with E-state index in [1.54, 1.807) is 7.11 Å². The van der Waals surface area contributed by atoms with Gasteiger partial charge in [-0.15, -0.1) is 24.0 Å². The van der Waals surface area contributed by atoms with Gasteiger partial charge < -0.3 is 25.0 Å². The number of rotatable bonds is 7. The number of nitrogens with one attached hydrogen (secondary N) is 2. The summed E-state index contributed by atoms with van der Waals surface area (Å²) in [5.41, 5.74) is 4.38. The average molecular weight is 520 g/mol. The van der Waals surface area contributed by atoms with Crippen molar-refractivity contribution in [3.8, 4) is 17.0 Å². The molecule has 0 spiro atoms. The Morgan fingerprint density at radius 1 is 1.17 bits per heavy atom. The van der Waals surface area contributed by atoms with Crippen molar-refractivity contribution in [1.82, 2.24) is 15.2 Å². The van der Waals surface area contributed by atoms with Gasteiger partial charge >= 0.3 is 0 Å². The number of aliphatic imine (C=N–C) groups is 1. The lowest BCUT2D eigenvalue weighted by atomic mass is 10.0. The number of aromatic amines is 1. The third-order valence-corrected chi connectivity index (χ3v) is 5.36. The van der Waals surface area contributed by atoms with Gasteiger partial charge in [-0.25, -0.2) is 0 Å². The molecule has 0 saturated heterocycles. The third kappa shape index (κ3) is 4.57. The predicted molar refractivity (Wildman–Crippen MR) is 132 cm³/mol. The van der Waals surface area contributed by atoms with Crippen LogP contribution in [0.2, 0.25) is 0 Å². The smallest absolute Gasteiger partial charge is 0.196 e. The number of benzene rings is 2. The van der Waals surface area contributed by atoms with Gasteiger partial charge in [-0.05, 0) is 42.3 Å². The van der Waals surface area contributed by atoms with Crippen molar-refractivity contribution in [2.24, 2.45) is 4.99 Å². The number of para-hydroxylation sites is 1. The molecule has 6 nitrogen and oxygen atoms in total. The number of nitrogens with zero attached hydrogens (tertiary/aromatic N) is 2. The van der Waals surface area contributed by atoms with Gasteiger partial charge in [-0.3, -0.25) is 4.99 Å². The highest BCUT2D eigenvalue weighted by molar-refractivity contribution is 14.0. The van der Waals surface area contributed by atoms with Crippen LogP contribution in [0.5, 0.6) is 5.75 Å². The lowest BCUT2D eigenvalue weighted by Crippen LogP contribution is -2.45. The van der Waals surface area contributed by atoms with E-state index in [1.807, 2.05) is 23.1 Å². The van der Waals surface area contributed by atoms with E-state index in [1.165, 1.54) is 0 Å². The van der Waals surface area contributed by atoms with E-state index in [2.05, 4.69) is 52.5 Å². The fraction of sp³-hybridized carbons (Fsp3) is 0.348. The number of hydrogen-bond donors (Lipinski definition) is 3. The van der Waals surface area contributed by atoms with E-state index in [0.717, 1.165) is 58.9 Å². The van der Waals surface area contributed by atoms with Crippen LogP contribution in [0.3, 0.4) is 0 Å². The standard InChI is InChI=1S/C23H28N4O2.HI/c1-3-6-21(28)27(23-24-13-14-25-23)15-19-18-7-4-5-8-20(18)26-22(19)16-9-11-17(29-2)12-10-16;/h4-5,7-12,21,26,28H,3,6,13-15H2,1-2H3,(H,24,25);1H. The van der Waals surface area contributed by atoms with Gasteiger partial charge in [-0.1, -0.05) is 31.5 Å². The molecule has 1 aliphatic rings. The highest BCUT2D eigenvalue weighted by atomic mass is 127. The van der Waals surface area contributed by atoms with Crippen LogP contribution in [0.1, 0.15) is 25.3 Å². The second kappa shape index (κ2) is 10.2. The zero-order valence-electron chi connectivity index (χ0n) is 17.4. The predicted octanol–water partition coefficient (Wildman–Crippen LogP) is 4.34. The summed E-state index contributed by atoms with van der Waals surface area (Å²) in [4.78, 5) is 10.1. The average Bonchev–Trinajstić information content (AvgIpc) is 3.40. The van der Waals surface area contributed by atoms with Crippen LogP contribution in [-0.4, -0.2) is 47.4 Å². The first kappa shape index (κ1) is 22.4. The summed E-state index contributed by atoms with van der Waals surface area (Å²) >= 11 is 0. The number of methoxy groups -OCH3 is 1. The second-order valence-corrected chi connectivity index (χ2v) is 7.28. The number of fused-ring (bicyclic) bond motifs is 1. The first-order chi connectivity index (χ1) is 14.2. The van der Waals surface area contributed by atoms with Crippen LogP contribution >= 0.6 is 24.0 Å². The molecule has 3 aromatic rings. The van der Waals surface area contributed by atoms with Gasteiger partial charge in [0, 0.05) is 23.0 Å². The maximum absolute atomic E-state index is 10.8. The quantitative estimate of drug-likeness (QED) is 0.320. The number of hydrogen-bond acceptors (Lipinski definition) is 5. The molecule has 4 rings (SSSR count). The van der Waals surface area contributed by atoms with E-state index in [9.17, 15) is 5.11 Å². The minimum atomic E-state index is -0.582. The number of guanidine groups is 1. The molecule has 0 fully saturated rings. The van der Waals surface area contributed by atoms with Gasteiger partial charge in [-0.2, -0.15) is 0 Å². The Morgan fingerprint density at radius 2 is 1.93 bits per heavy atom. The SMILES string of the molecule is CCCC(O)N(Cc1c(-c2ccc(OC)cc2)[nH]c2ccccc12)C1=NCCN1.I. The number of aliphatic hydroxyl groups excluding tert-OH is 1. The molecule has 0 saturated carbocycles. The summed E-state index contributed by atoms with van der Waals surface area (Å²) < 4.78 is 5.31.